The number of imidazole rings is 4. The van der Waals surface area contributed by atoms with Gasteiger partial charge in [-0.2, -0.15) is 26.3 Å². The van der Waals surface area contributed by atoms with E-state index in [9.17, 15) is 0 Å². The van der Waals surface area contributed by atoms with Gasteiger partial charge in [-0.05, 0) is 0 Å². The van der Waals surface area contributed by atoms with E-state index in [0.29, 0.717) is 13.7 Å². The second-order valence-corrected chi connectivity index (χ2v) is 6.97. The van der Waals surface area contributed by atoms with Gasteiger partial charge in [0.05, 0.1) is 25.3 Å². The van der Waals surface area contributed by atoms with Crippen molar-refractivity contribution in [3.63, 3.8) is 0 Å². The number of rotatable bonds is 4. The van der Waals surface area contributed by atoms with Crippen LogP contribution in [0.2, 0.25) is 0 Å². The maximum absolute atomic E-state index is 16.0. The lowest BCUT2D eigenvalue weighted by Gasteiger charge is -2.52. The summed E-state index contributed by atoms with van der Waals surface area (Å²) in [5, 5.41) is 0. The smallest absolute Gasteiger partial charge is 0.304 e. The largest absolute Gasteiger partial charge is 0.382 e. The highest BCUT2D eigenvalue weighted by atomic mass is 19.3. The van der Waals surface area contributed by atoms with E-state index in [0.717, 1.165) is 79.5 Å². The Hall–Kier alpha value is -3.84. The van der Waals surface area contributed by atoms with E-state index >= 15 is 26.3 Å². The monoisotopic (exact) mass is 454 g/mol. The molecular formula is C18H12F6N8. The fraction of sp³-hybridized carbons (Fsp3) is 0.222. The number of halogens is 6. The van der Waals surface area contributed by atoms with Crippen molar-refractivity contribution in [3.8, 4) is 0 Å². The molecule has 0 N–H and O–H groups in total. The summed E-state index contributed by atoms with van der Waals surface area (Å²) in [6.45, 7) is 0. The van der Waals surface area contributed by atoms with Crippen LogP contribution in [0.15, 0.2) is 74.9 Å². The van der Waals surface area contributed by atoms with E-state index in [1.807, 2.05) is 0 Å². The molecule has 0 radical (unpaired) electrons. The Bertz CT molecular complexity index is 1210. The molecule has 14 heteroatoms. The Balaban J connectivity index is 2.08. The third-order valence-electron chi connectivity index (χ3n) is 5.36. The summed E-state index contributed by atoms with van der Waals surface area (Å²) in [5.41, 5.74) is -5.57. The molecule has 0 amide bonds. The van der Waals surface area contributed by atoms with Gasteiger partial charge in [-0.25, -0.2) is 19.9 Å². The van der Waals surface area contributed by atoms with Crippen LogP contribution in [0.25, 0.3) is 11.4 Å². The van der Waals surface area contributed by atoms with Gasteiger partial charge in [0, 0.05) is 49.6 Å². The zero-order valence-electron chi connectivity index (χ0n) is 15.8. The molecule has 0 atom stereocenters. The van der Waals surface area contributed by atoms with E-state index in [1.54, 1.807) is 0 Å². The number of hydrogen-bond acceptors (Lipinski definition) is 4. The highest BCUT2D eigenvalue weighted by Crippen LogP contribution is 2.64. The lowest BCUT2D eigenvalue weighted by Crippen LogP contribution is -2.72. The van der Waals surface area contributed by atoms with Crippen molar-refractivity contribution < 1.29 is 26.3 Å². The molecule has 0 spiro atoms. The van der Waals surface area contributed by atoms with Gasteiger partial charge >= 0.3 is 17.8 Å². The van der Waals surface area contributed by atoms with E-state index in [4.69, 9.17) is 0 Å². The van der Waals surface area contributed by atoms with Crippen molar-refractivity contribution in [2.24, 2.45) is 0 Å². The minimum atomic E-state index is -5.85. The normalized spacial score (nSPS) is 21.1. The molecule has 1 aliphatic rings. The van der Waals surface area contributed by atoms with Crippen LogP contribution in [0.5, 0.6) is 0 Å². The summed E-state index contributed by atoms with van der Waals surface area (Å²) in [6, 6.07) is 0. The number of hydrogen-bond donors (Lipinski definition) is 0. The molecule has 8 nitrogen and oxygen atoms in total. The van der Waals surface area contributed by atoms with Crippen LogP contribution in [0.4, 0.5) is 26.3 Å². The van der Waals surface area contributed by atoms with E-state index in [1.165, 1.54) is 0 Å². The molecule has 0 saturated heterocycles. The van der Waals surface area contributed by atoms with Crippen LogP contribution in [-0.2, 0) is 5.66 Å². The second kappa shape index (κ2) is 6.34. The van der Waals surface area contributed by atoms with Crippen LogP contribution in [0.3, 0.4) is 0 Å². The third-order valence-corrected chi connectivity index (χ3v) is 5.36. The summed E-state index contributed by atoms with van der Waals surface area (Å²) >= 11 is 0. The predicted molar refractivity (Wildman–Crippen MR) is 96.5 cm³/mol. The highest BCUT2D eigenvalue weighted by molar-refractivity contribution is 5.84. The van der Waals surface area contributed by atoms with Crippen LogP contribution in [0.1, 0.15) is 0 Å². The molecule has 4 aromatic rings. The van der Waals surface area contributed by atoms with Gasteiger partial charge in [-0.15, -0.1) is 0 Å². The molecule has 0 fully saturated rings. The minimum absolute atomic E-state index is 0.584. The van der Waals surface area contributed by atoms with Crippen LogP contribution in [0, 0.1) is 0 Å². The summed E-state index contributed by atoms with van der Waals surface area (Å²) in [7, 11) is 0. The molecule has 1 aliphatic carbocycles. The zero-order chi connectivity index (χ0) is 22.8. The molecule has 0 bridgehead atoms. The van der Waals surface area contributed by atoms with Gasteiger partial charge in [-0.1, -0.05) is 0 Å². The molecule has 5 rings (SSSR count). The summed E-state index contributed by atoms with van der Waals surface area (Å²) < 4.78 is 95.8. The first-order valence-electron chi connectivity index (χ1n) is 8.99. The van der Waals surface area contributed by atoms with Gasteiger partial charge in [0.1, 0.15) is 11.4 Å². The van der Waals surface area contributed by atoms with Crippen LogP contribution >= 0.6 is 0 Å². The van der Waals surface area contributed by atoms with Crippen molar-refractivity contribution in [1.29, 1.82) is 0 Å². The predicted octanol–water partition coefficient (Wildman–Crippen LogP) is 3.12. The maximum atomic E-state index is 16.0. The van der Waals surface area contributed by atoms with Gasteiger partial charge < -0.3 is 18.3 Å². The molecular weight excluding hydrogens is 442 g/mol. The summed E-state index contributed by atoms with van der Waals surface area (Å²) in [5.74, 6) is -16.6. The average molecular weight is 454 g/mol. The quantitative estimate of drug-likeness (QED) is 0.445. The van der Waals surface area contributed by atoms with Crippen LogP contribution < -0.4 is 0 Å². The summed E-state index contributed by atoms with van der Waals surface area (Å²) in [4.78, 5) is 14.8. The van der Waals surface area contributed by atoms with Gasteiger partial charge in [0.25, 0.3) is 0 Å². The lowest BCUT2D eigenvalue weighted by molar-refractivity contribution is -0.325. The van der Waals surface area contributed by atoms with Crippen molar-refractivity contribution in [1.82, 2.24) is 38.2 Å². The Labute approximate surface area is 175 Å². The topological polar surface area (TPSA) is 71.3 Å². The average Bonchev–Trinajstić information content (AvgIpc) is 3.55. The molecule has 0 aromatic carbocycles. The van der Waals surface area contributed by atoms with Crippen molar-refractivity contribution in [2.45, 2.75) is 23.4 Å². The van der Waals surface area contributed by atoms with E-state index in [-0.39, 0.29) is 0 Å². The molecule has 166 valence electrons. The van der Waals surface area contributed by atoms with Crippen molar-refractivity contribution >= 4 is 11.4 Å². The fourth-order valence-electron chi connectivity index (χ4n) is 4.00. The SMILES string of the molecule is FC1(F)C(n2ccnc2)=C(n2ccnc2)C(n2ccnc2)(n2ccnc2)C(F)(F)C1(F)F. The van der Waals surface area contributed by atoms with Gasteiger partial charge in [0.2, 0.25) is 5.66 Å². The third kappa shape index (κ3) is 2.18. The number of alkyl halides is 6. The first kappa shape index (κ1) is 20.1. The molecule has 4 aromatic heterocycles. The van der Waals surface area contributed by atoms with E-state index < -0.39 is 34.8 Å². The fourth-order valence-corrected chi connectivity index (χ4v) is 4.00. The summed E-state index contributed by atoms with van der Waals surface area (Å²) in [6.07, 6.45) is 11.9. The Kier molecular flexibility index (Phi) is 3.98. The van der Waals surface area contributed by atoms with Gasteiger partial charge in [-0.3, -0.25) is 0 Å². The first-order chi connectivity index (χ1) is 15.2. The minimum Gasteiger partial charge on any atom is -0.304 e. The zero-order valence-corrected chi connectivity index (χ0v) is 15.8. The Morgan fingerprint density at radius 2 is 0.969 bits per heavy atom. The van der Waals surface area contributed by atoms with Crippen molar-refractivity contribution in [2.75, 3.05) is 0 Å². The van der Waals surface area contributed by atoms with E-state index in [2.05, 4.69) is 19.9 Å². The standard InChI is InChI=1S/C18H12F6N8/c19-15(20)13(29-5-1-25-9-29)14(30-6-2-26-10-30)16(31-7-3-27-11-31,32-8-4-28-12-32)18(23,24)17(15,21)22/h1-12H. The number of nitrogens with zero attached hydrogens (tertiary/aromatic N) is 8. The van der Waals surface area contributed by atoms with Crippen LogP contribution in [-0.4, -0.2) is 56.0 Å². The number of allylic oxidation sites excluding steroid dienone is 2. The molecule has 0 aliphatic heterocycles. The second-order valence-electron chi connectivity index (χ2n) is 6.97. The Morgan fingerprint density at radius 1 is 0.531 bits per heavy atom. The molecule has 4 heterocycles. The first-order valence-corrected chi connectivity index (χ1v) is 8.99. The van der Waals surface area contributed by atoms with Gasteiger partial charge in [0.15, 0.2) is 0 Å². The lowest BCUT2D eigenvalue weighted by atomic mass is 9.79. The highest BCUT2D eigenvalue weighted by Gasteiger charge is 2.86. The number of aromatic nitrogens is 8. The maximum Gasteiger partial charge on any atom is 0.382 e. The molecule has 0 unspecified atom stereocenters. The molecule has 0 saturated carbocycles. The van der Waals surface area contributed by atoms with Crippen molar-refractivity contribution in [3.05, 3.63) is 74.9 Å². The molecule has 32 heavy (non-hydrogen) atoms. The Morgan fingerprint density at radius 3 is 1.38 bits per heavy atom.